The van der Waals surface area contributed by atoms with Gasteiger partial charge in [-0.2, -0.15) is 5.26 Å². The molecule has 0 aliphatic carbocycles. The van der Waals surface area contributed by atoms with Crippen molar-refractivity contribution < 1.29 is 9.53 Å². The van der Waals surface area contributed by atoms with Crippen molar-refractivity contribution >= 4 is 5.97 Å². The number of hydrogen-bond donors (Lipinski definition) is 0. The van der Waals surface area contributed by atoms with Crippen molar-refractivity contribution in [2.75, 3.05) is 0 Å². The van der Waals surface area contributed by atoms with Gasteiger partial charge in [0.25, 0.3) is 0 Å². The molecule has 0 N–H and O–H groups in total. The minimum Gasteiger partial charge on any atom is -0.439 e. The Balaban J connectivity index is 2.68. The molecular weight excluding hydrogens is 190 g/mol. The van der Waals surface area contributed by atoms with Crippen LogP contribution < -0.4 is 0 Å². The van der Waals surface area contributed by atoms with E-state index in [9.17, 15) is 4.79 Å². The lowest BCUT2D eigenvalue weighted by atomic mass is 10.2. The molecule has 0 bridgehead atoms. The zero-order chi connectivity index (χ0) is 11.1. The standard InChI is InChI=1S/C12H11NO2/c1-2-6-11(9-13)15-12(14)10-7-4-3-5-8-10/h2-8,11H,1H3. The highest BCUT2D eigenvalue weighted by molar-refractivity contribution is 5.89. The van der Waals surface area contributed by atoms with Gasteiger partial charge in [-0.25, -0.2) is 4.79 Å². The van der Waals surface area contributed by atoms with Gasteiger partial charge >= 0.3 is 5.97 Å². The first-order valence-corrected chi connectivity index (χ1v) is 4.56. The number of carbonyl (C=O) groups excluding carboxylic acids is 1. The molecule has 0 fully saturated rings. The van der Waals surface area contributed by atoms with Gasteiger partial charge in [0.05, 0.1) is 5.56 Å². The first-order valence-electron chi connectivity index (χ1n) is 4.56. The molecule has 0 aliphatic rings. The van der Waals surface area contributed by atoms with Crippen LogP contribution >= 0.6 is 0 Å². The molecule has 3 heteroatoms. The summed E-state index contributed by atoms with van der Waals surface area (Å²) in [7, 11) is 0. The van der Waals surface area contributed by atoms with Crippen molar-refractivity contribution in [1.29, 1.82) is 5.26 Å². The van der Waals surface area contributed by atoms with E-state index >= 15 is 0 Å². The van der Waals surface area contributed by atoms with Crippen LogP contribution in [-0.4, -0.2) is 12.1 Å². The third-order valence-corrected chi connectivity index (χ3v) is 1.74. The van der Waals surface area contributed by atoms with Gasteiger partial charge in [-0.05, 0) is 25.1 Å². The van der Waals surface area contributed by atoms with Crippen molar-refractivity contribution in [2.24, 2.45) is 0 Å². The maximum atomic E-state index is 11.5. The molecular formula is C12H11NO2. The summed E-state index contributed by atoms with van der Waals surface area (Å²) in [5.74, 6) is -0.486. The number of allylic oxidation sites excluding steroid dienone is 1. The Morgan fingerprint density at radius 2 is 2.13 bits per heavy atom. The van der Waals surface area contributed by atoms with E-state index in [0.717, 1.165) is 0 Å². The quantitative estimate of drug-likeness (QED) is 0.557. The van der Waals surface area contributed by atoms with Crippen LogP contribution in [-0.2, 0) is 4.74 Å². The van der Waals surface area contributed by atoms with E-state index in [1.54, 1.807) is 37.3 Å². The van der Waals surface area contributed by atoms with Gasteiger partial charge in [-0.15, -0.1) is 0 Å². The van der Waals surface area contributed by atoms with Gasteiger partial charge in [-0.3, -0.25) is 0 Å². The lowest BCUT2D eigenvalue weighted by Crippen LogP contribution is -2.14. The van der Waals surface area contributed by atoms with Gasteiger partial charge < -0.3 is 4.74 Å². The smallest absolute Gasteiger partial charge is 0.339 e. The SMILES string of the molecule is CC=CC(C#N)OC(=O)c1ccccc1. The molecule has 0 heterocycles. The second-order valence-electron chi connectivity index (χ2n) is 2.85. The van der Waals surface area contributed by atoms with Crippen molar-refractivity contribution in [3.63, 3.8) is 0 Å². The average molecular weight is 201 g/mol. The fourth-order valence-electron chi connectivity index (χ4n) is 1.04. The average Bonchev–Trinajstić information content (AvgIpc) is 2.29. The van der Waals surface area contributed by atoms with E-state index in [2.05, 4.69) is 0 Å². The summed E-state index contributed by atoms with van der Waals surface area (Å²) in [5, 5.41) is 8.67. The van der Waals surface area contributed by atoms with Crippen LogP contribution in [0.4, 0.5) is 0 Å². The third kappa shape index (κ3) is 3.28. The summed E-state index contributed by atoms with van der Waals surface area (Å²) in [4.78, 5) is 11.5. The molecule has 0 spiro atoms. The second-order valence-corrected chi connectivity index (χ2v) is 2.85. The zero-order valence-corrected chi connectivity index (χ0v) is 8.38. The first kappa shape index (κ1) is 11.0. The maximum Gasteiger partial charge on any atom is 0.339 e. The molecule has 0 saturated carbocycles. The summed E-state index contributed by atoms with van der Waals surface area (Å²) in [6.45, 7) is 1.76. The Bertz CT molecular complexity index is 390. The molecule has 1 aromatic carbocycles. The van der Waals surface area contributed by atoms with Gasteiger partial charge in [0.15, 0.2) is 0 Å². The fourth-order valence-corrected chi connectivity index (χ4v) is 1.04. The fraction of sp³-hybridized carbons (Fsp3) is 0.167. The minimum absolute atomic E-state index is 0.447. The number of carbonyl (C=O) groups is 1. The second kappa shape index (κ2) is 5.61. The molecule has 3 nitrogen and oxygen atoms in total. The molecule has 0 amide bonds. The van der Waals surface area contributed by atoms with Crippen LogP contribution in [0.1, 0.15) is 17.3 Å². The van der Waals surface area contributed by atoms with Crippen LogP contribution in [0.3, 0.4) is 0 Å². The number of rotatable bonds is 3. The molecule has 76 valence electrons. The predicted molar refractivity (Wildman–Crippen MR) is 56.1 cm³/mol. The topological polar surface area (TPSA) is 50.1 Å². The molecule has 0 saturated heterocycles. The van der Waals surface area contributed by atoms with Crippen LogP contribution in [0.2, 0.25) is 0 Å². The third-order valence-electron chi connectivity index (χ3n) is 1.74. The molecule has 0 aromatic heterocycles. The molecule has 1 aromatic rings. The van der Waals surface area contributed by atoms with Crippen molar-refractivity contribution in [1.82, 2.24) is 0 Å². The predicted octanol–water partition coefficient (Wildman–Crippen LogP) is 2.31. The number of nitrogens with zero attached hydrogens (tertiary/aromatic N) is 1. The van der Waals surface area contributed by atoms with Crippen molar-refractivity contribution in [2.45, 2.75) is 13.0 Å². The molecule has 1 atom stereocenters. The Labute approximate surface area is 88.6 Å². The number of esters is 1. The molecule has 15 heavy (non-hydrogen) atoms. The number of nitriles is 1. The first-order chi connectivity index (χ1) is 7.27. The van der Waals surface area contributed by atoms with E-state index in [4.69, 9.17) is 10.00 Å². The molecule has 1 rings (SSSR count). The highest BCUT2D eigenvalue weighted by Crippen LogP contribution is 2.04. The summed E-state index contributed by atoms with van der Waals surface area (Å²) in [6.07, 6.45) is 2.38. The van der Waals surface area contributed by atoms with Gasteiger partial charge in [0.1, 0.15) is 6.07 Å². The summed E-state index contributed by atoms with van der Waals surface area (Å²) in [5.41, 5.74) is 0.447. The van der Waals surface area contributed by atoms with Crippen LogP contribution in [0.15, 0.2) is 42.5 Å². The Hall–Kier alpha value is -2.08. The van der Waals surface area contributed by atoms with Crippen LogP contribution in [0.25, 0.3) is 0 Å². The van der Waals surface area contributed by atoms with Gasteiger partial charge in [-0.1, -0.05) is 24.3 Å². The molecule has 0 aliphatic heterocycles. The lowest BCUT2D eigenvalue weighted by Gasteiger charge is -2.06. The summed E-state index contributed by atoms with van der Waals surface area (Å²) >= 11 is 0. The molecule has 1 unspecified atom stereocenters. The maximum absolute atomic E-state index is 11.5. The van der Waals surface area contributed by atoms with E-state index < -0.39 is 12.1 Å². The van der Waals surface area contributed by atoms with Crippen LogP contribution in [0.5, 0.6) is 0 Å². The largest absolute Gasteiger partial charge is 0.439 e. The highest BCUT2D eigenvalue weighted by Gasteiger charge is 2.11. The van der Waals surface area contributed by atoms with E-state index in [1.807, 2.05) is 12.1 Å². The monoisotopic (exact) mass is 201 g/mol. The summed E-state index contributed by atoms with van der Waals surface area (Å²) in [6, 6.07) is 10.5. The number of ether oxygens (including phenoxy) is 1. The molecule has 0 radical (unpaired) electrons. The number of hydrogen-bond acceptors (Lipinski definition) is 3. The van der Waals surface area contributed by atoms with Gasteiger partial charge in [0, 0.05) is 0 Å². The Morgan fingerprint density at radius 3 is 2.67 bits per heavy atom. The zero-order valence-electron chi connectivity index (χ0n) is 8.38. The minimum atomic E-state index is -0.817. The highest BCUT2D eigenvalue weighted by atomic mass is 16.5. The van der Waals surface area contributed by atoms with E-state index in [0.29, 0.717) is 5.56 Å². The van der Waals surface area contributed by atoms with Crippen molar-refractivity contribution in [3.05, 3.63) is 48.0 Å². The van der Waals surface area contributed by atoms with Gasteiger partial charge in [0.2, 0.25) is 6.10 Å². The Kier molecular flexibility index (Phi) is 4.11. The normalized spacial score (nSPS) is 12.0. The van der Waals surface area contributed by atoms with Crippen molar-refractivity contribution in [3.8, 4) is 6.07 Å². The lowest BCUT2D eigenvalue weighted by molar-refractivity contribution is 0.0472. The summed E-state index contributed by atoms with van der Waals surface area (Å²) < 4.78 is 4.94. The number of benzene rings is 1. The van der Waals surface area contributed by atoms with E-state index in [1.165, 1.54) is 6.08 Å². The van der Waals surface area contributed by atoms with Crippen LogP contribution in [0, 0.1) is 11.3 Å². The Morgan fingerprint density at radius 1 is 1.47 bits per heavy atom. The van der Waals surface area contributed by atoms with E-state index in [-0.39, 0.29) is 0 Å².